The molecule has 6 nitrogen and oxygen atoms in total. The molecule has 2 rings (SSSR count). The van der Waals surface area contributed by atoms with Crippen molar-refractivity contribution in [3.8, 4) is 0 Å². The van der Waals surface area contributed by atoms with Crippen molar-refractivity contribution < 1.29 is 27.9 Å². The first-order valence-electron chi connectivity index (χ1n) is 8.55. The minimum Gasteiger partial charge on any atom is -0.454 e. The third-order valence-electron chi connectivity index (χ3n) is 3.79. The third kappa shape index (κ3) is 5.87. The number of nitrogens with one attached hydrogen (secondary N) is 2. The number of esters is 1. The van der Waals surface area contributed by atoms with Gasteiger partial charge in [0.05, 0.1) is 5.69 Å². The maximum absolute atomic E-state index is 13.5. The fourth-order valence-electron chi connectivity index (χ4n) is 2.32. The van der Waals surface area contributed by atoms with Crippen LogP contribution in [0.1, 0.15) is 24.2 Å². The number of halogens is 2. The van der Waals surface area contributed by atoms with Crippen LogP contribution in [0.15, 0.2) is 48.5 Å². The van der Waals surface area contributed by atoms with E-state index in [9.17, 15) is 23.2 Å². The smallest absolute Gasteiger partial charge is 0.329 e. The van der Waals surface area contributed by atoms with E-state index in [1.165, 1.54) is 0 Å². The second-order valence-electron chi connectivity index (χ2n) is 6.34. The maximum atomic E-state index is 13.5. The van der Waals surface area contributed by atoms with Gasteiger partial charge < -0.3 is 15.4 Å². The Balaban J connectivity index is 1.93. The zero-order chi connectivity index (χ0) is 20.7. The molecule has 0 aromatic heterocycles. The largest absolute Gasteiger partial charge is 0.454 e. The first kappa shape index (κ1) is 21.0. The molecule has 2 N–H and O–H groups in total. The van der Waals surface area contributed by atoms with Crippen LogP contribution >= 0.6 is 0 Å². The number of amides is 2. The van der Waals surface area contributed by atoms with E-state index in [0.717, 1.165) is 18.2 Å². The summed E-state index contributed by atoms with van der Waals surface area (Å²) in [6.07, 6.45) is 0. The first-order chi connectivity index (χ1) is 13.3. The molecule has 0 aliphatic rings. The highest BCUT2D eigenvalue weighted by atomic mass is 19.1. The fraction of sp³-hybridized carbons (Fsp3) is 0.250. The van der Waals surface area contributed by atoms with Crippen molar-refractivity contribution >= 4 is 23.5 Å². The van der Waals surface area contributed by atoms with Crippen LogP contribution in [0.3, 0.4) is 0 Å². The Morgan fingerprint density at radius 3 is 2.36 bits per heavy atom. The predicted octanol–water partition coefficient (Wildman–Crippen LogP) is 2.90. The average molecular weight is 390 g/mol. The summed E-state index contributed by atoms with van der Waals surface area (Å²) in [4.78, 5) is 36.4. The van der Waals surface area contributed by atoms with Gasteiger partial charge in [0.1, 0.15) is 17.7 Å². The maximum Gasteiger partial charge on any atom is 0.329 e. The van der Waals surface area contributed by atoms with Gasteiger partial charge in [-0.05, 0) is 30.2 Å². The Kier molecular flexibility index (Phi) is 7.20. The summed E-state index contributed by atoms with van der Waals surface area (Å²) in [6, 6.07) is 9.93. The molecule has 0 spiro atoms. The molecule has 0 saturated heterocycles. The van der Waals surface area contributed by atoms with Crippen molar-refractivity contribution in [2.45, 2.75) is 19.9 Å². The summed E-state index contributed by atoms with van der Waals surface area (Å²) >= 11 is 0. The number of rotatable bonds is 7. The summed E-state index contributed by atoms with van der Waals surface area (Å²) in [5.41, 5.74) is 0.0131. The molecule has 0 fully saturated rings. The first-order valence-corrected chi connectivity index (χ1v) is 8.55. The lowest BCUT2D eigenvalue weighted by Gasteiger charge is -2.20. The van der Waals surface area contributed by atoms with Gasteiger partial charge in [0, 0.05) is 11.6 Å². The molecule has 0 heterocycles. The van der Waals surface area contributed by atoms with Crippen LogP contribution in [-0.2, 0) is 14.3 Å². The van der Waals surface area contributed by atoms with Gasteiger partial charge in [-0.1, -0.05) is 32.0 Å². The van der Waals surface area contributed by atoms with Gasteiger partial charge in [-0.15, -0.1) is 0 Å². The Morgan fingerprint density at radius 2 is 1.71 bits per heavy atom. The molecule has 8 heteroatoms. The van der Waals surface area contributed by atoms with E-state index in [4.69, 9.17) is 4.74 Å². The van der Waals surface area contributed by atoms with E-state index < -0.39 is 42.1 Å². The molecule has 28 heavy (non-hydrogen) atoms. The third-order valence-corrected chi connectivity index (χ3v) is 3.79. The topological polar surface area (TPSA) is 84.5 Å². The van der Waals surface area contributed by atoms with Crippen LogP contribution in [0.4, 0.5) is 14.5 Å². The monoisotopic (exact) mass is 390 g/mol. The van der Waals surface area contributed by atoms with Crippen LogP contribution in [0.2, 0.25) is 0 Å². The molecule has 0 bridgehead atoms. The molecule has 2 aromatic carbocycles. The van der Waals surface area contributed by atoms with Gasteiger partial charge in [-0.25, -0.2) is 13.6 Å². The molecule has 148 valence electrons. The number of carbonyl (C=O) groups is 3. The van der Waals surface area contributed by atoms with E-state index in [0.29, 0.717) is 5.56 Å². The minimum absolute atomic E-state index is 0.302. The van der Waals surface area contributed by atoms with Crippen molar-refractivity contribution in [1.29, 1.82) is 0 Å². The Hall–Kier alpha value is -3.29. The lowest BCUT2D eigenvalue weighted by molar-refractivity contribution is -0.150. The van der Waals surface area contributed by atoms with Crippen LogP contribution in [0.5, 0.6) is 0 Å². The van der Waals surface area contributed by atoms with E-state index in [2.05, 4.69) is 10.6 Å². The molecule has 0 radical (unpaired) electrons. The zero-order valence-corrected chi connectivity index (χ0v) is 15.4. The summed E-state index contributed by atoms with van der Waals surface area (Å²) in [5, 5.41) is 4.69. The molecular formula is C20H20F2N2O4. The highest BCUT2D eigenvalue weighted by Gasteiger charge is 2.26. The Labute approximate surface area is 160 Å². The SMILES string of the molecule is CC(C)[C@@H](NC(=O)c1ccccc1)C(=O)OCC(=O)Nc1cc(F)ccc1F. The predicted molar refractivity (Wildman–Crippen MR) is 98.5 cm³/mol. The lowest BCUT2D eigenvalue weighted by Crippen LogP contribution is -2.45. The summed E-state index contributed by atoms with van der Waals surface area (Å²) in [5.74, 6) is -3.95. The number of benzene rings is 2. The Bertz CT molecular complexity index is 857. The quantitative estimate of drug-likeness (QED) is 0.712. The zero-order valence-electron chi connectivity index (χ0n) is 15.4. The van der Waals surface area contributed by atoms with Gasteiger partial charge in [0.25, 0.3) is 11.8 Å². The highest BCUT2D eigenvalue weighted by Crippen LogP contribution is 2.15. The molecule has 0 aliphatic carbocycles. The van der Waals surface area contributed by atoms with Crippen molar-refractivity contribution in [1.82, 2.24) is 5.32 Å². The van der Waals surface area contributed by atoms with E-state index in [1.807, 2.05) is 0 Å². The van der Waals surface area contributed by atoms with Gasteiger partial charge >= 0.3 is 5.97 Å². The average Bonchev–Trinajstić information content (AvgIpc) is 2.67. The van der Waals surface area contributed by atoms with Gasteiger partial charge in [-0.3, -0.25) is 9.59 Å². The van der Waals surface area contributed by atoms with Crippen LogP contribution in [0, 0.1) is 17.6 Å². The van der Waals surface area contributed by atoms with Crippen molar-refractivity contribution in [2.75, 3.05) is 11.9 Å². The van der Waals surface area contributed by atoms with Crippen molar-refractivity contribution in [3.63, 3.8) is 0 Å². The van der Waals surface area contributed by atoms with Gasteiger partial charge in [0.15, 0.2) is 6.61 Å². The summed E-state index contributed by atoms with van der Waals surface area (Å²) in [6.45, 7) is 2.71. The Morgan fingerprint density at radius 1 is 1.04 bits per heavy atom. The van der Waals surface area contributed by atoms with Crippen molar-refractivity contribution in [3.05, 3.63) is 65.7 Å². The number of hydrogen-bond acceptors (Lipinski definition) is 4. The van der Waals surface area contributed by atoms with Crippen LogP contribution in [0.25, 0.3) is 0 Å². The van der Waals surface area contributed by atoms with Gasteiger partial charge in [0.2, 0.25) is 0 Å². The number of carbonyl (C=O) groups excluding carboxylic acids is 3. The number of anilines is 1. The molecule has 0 unspecified atom stereocenters. The second-order valence-corrected chi connectivity index (χ2v) is 6.34. The normalized spacial score (nSPS) is 11.6. The summed E-state index contributed by atoms with van der Waals surface area (Å²) < 4.78 is 31.6. The molecule has 1 atom stereocenters. The molecule has 2 aromatic rings. The molecule has 0 saturated carbocycles. The van der Waals surface area contributed by atoms with E-state index >= 15 is 0 Å². The highest BCUT2D eigenvalue weighted by molar-refractivity contribution is 5.97. The van der Waals surface area contributed by atoms with Crippen LogP contribution < -0.4 is 10.6 Å². The van der Waals surface area contributed by atoms with Crippen molar-refractivity contribution in [2.24, 2.45) is 5.92 Å². The molecule has 0 aliphatic heterocycles. The molecular weight excluding hydrogens is 370 g/mol. The van der Waals surface area contributed by atoms with Gasteiger partial charge in [-0.2, -0.15) is 0 Å². The molecule has 2 amide bonds. The van der Waals surface area contributed by atoms with Crippen LogP contribution in [-0.4, -0.2) is 30.4 Å². The standard InChI is InChI=1S/C20H20F2N2O4/c1-12(2)18(24-19(26)13-6-4-3-5-7-13)20(27)28-11-17(25)23-16-10-14(21)8-9-15(16)22/h3-10,12,18H,11H2,1-2H3,(H,23,25)(H,24,26)/t18-/m1/s1. The number of hydrogen-bond donors (Lipinski definition) is 2. The van der Waals surface area contributed by atoms with E-state index in [-0.39, 0.29) is 11.6 Å². The number of ether oxygens (including phenoxy) is 1. The fourth-order valence-corrected chi connectivity index (χ4v) is 2.32. The van der Waals surface area contributed by atoms with E-state index in [1.54, 1.807) is 44.2 Å². The lowest BCUT2D eigenvalue weighted by atomic mass is 10.0. The second kappa shape index (κ2) is 9.59. The summed E-state index contributed by atoms with van der Waals surface area (Å²) in [7, 11) is 0. The minimum atomic E-state index is -0.980.